The summed E-state index contributed by atoms with van der Waals surface area (Å²) in [6, 6.07) is 2.92. The van der Waals surface area contributed by atoms with Crippen molar-refractivity contribution in [3.63, 3.8) is 0 Å². The molecule has 0 bridgehead atoms. The zero-order chi connectivity index (χ0) is 14.0. The van der Waals surface area contributed by atoms with Gasteiger partial charge in [-0.15, -0.1) is 0 Å². The molecule has 0 N–H and O–H groups in total. The minimum atomic E-state index is -3.62. The van der Waals surface area contributed by atoms with Crippen LogP contribution in [0.2, 0.25) is 0 Å². The summed E-state index contributed by atoms with van der Waals surface area (Å²) >= 11 is 0. The van der Waals surface area contributed by atoms with Crippen LogP contribution in [0.3, 0.4) is 0 Å². The molecule has 2 rings (SSSR count). The van der Waals surface area contributed by atoms with E-state index in [4.69, 9.17) is 0 Å². The van der Waals surface area contributed by atoms with Gasteiger partial charge in [0.05, 0.1) is 11.9 Å². The van der Waals surface area contributed by atoms with E-state index in [1.54, 1.807) is 0 Å². The van der Waals surface area contributed by atoms with Gasteiger partial charge in [0.15, 0.2) is 9.84 Å². The highest BCUT2D eigenvalue weighted by molar-refractivity contribution is 7.90. The zero-order valence-corrected chi connectivity index (χ0v) is 10.7. The molecule has 0 amide bonds. The van der Waals surface area contributed by atoms with E-state index in [-0.39, 0.29) is 16.5 Å². The third-order valence-electron chi connectivity index (χ3n) is 2.56. The number of pyridine rings is 1. The normalized spacial score (nSPS) is 11.4. The number of nitro groups is 1. The number of sulfone groups is 1. The minimum absolute atomic E-state index is 0.0562. The summed E-state index contributed by atoms with van der Waals surface area (Å²) in [6.45, 7) is 0. The van der Waals surface area contributed by atoms with Crippen LogP contribution in [0, 0.1) is 10.1 Å². The smallest absolute Gasteiger partial charge is 0.342 e. The van der Waals surface area contributed by atoms with Crippen molar-refractivity contribution in [2.75, 3.05) is 0 Å². The van der Waals surface area contributed by atoms with Crippen molar-refractivity contribution < 1.29 is 13.3 Å². The Morgan fingerprint density at radius 2 is 2.16 bits per heavy atom. The molecule has 0 aliphatic heterocycles. The van der Waals surface area contributed by atoms with Crippen LogP contribution in [0.5, 0.6) is 0 Å². The van der Waals surface area contributed by atoms with Gasteiger partial charge in [-0.25, -0.2) is 18.0 Å². The van der Waals surface area contributed by atoms with E-state index in [2.05, 4.69) is 9.97 Å². The number of imidazole rings is 1. The van der Waals surface area contributed by atoms with Crippen molar-refractivity contribution in [3.8, 4) is 0 Å². The van der Waals surface area contributed by atoms with Gasteiger partial charge in [-0.05, 0) is 17.1 Å². The highest BCUT2D eigenvalue weighted by Crippen LogP contribution is 2.17. The molecule has 0 radical (unpaired) electrons. The highest BCUT2D eigenvalue weighted by Gasteiger charge is 2.24. The second kappa shape index (κ2) is 4.76. The van der Waals surface area contributed by atoms with Crippen molar-refractivity contribution in [2.24, 2.45) is 7.05 Å². The lowest BCUT2D eigenvalue weighted by atomic mass is 10.5. The molecule has 0 saturated carbocycles. The van der Waals surface area contributed by atoms with Crippen molar-refractivity contribution in [2.45, 2.75) is 10.6 Å². The number of hydrogen-bond donors (Lipinski definition) is 0. The van der Waals surface area contributed by atoms with E-state index in [0.717, 1.165) is 10.8 Å². The van der Waals surface area contributed by atoms with Gasteiger partial charge < -0.3 is 10.1 Å². The summed E-state index contributed by atoms with van der Waals surface area (Å²) in [5.74, 6) is -0.560. The van der Waals surface area contributed by atoms with Crippen molar-refractivity contribution in [1.29, 1.82) is 0 Å². The fraction of sp³-hybridized carbons (Fsp3) is 0.200. The SMILES string of the molecule is Cn1c([N+](=O)[O-])cnc1CS(=O)(=O)c1cccnc1. The van der Waals surface area contributed by atoms with E-state index in [1.165, 1.54) is 31.6 Å². The molecule has 2 aromatic rings. The Balaban J connectivity index is 2.34. The quantitative estimate of drug-likeness (QED) is 0.603. The molecule has 0 saturated heterocycles. The average Bonchev–Trinajstić information content (AvgIpc) is 2.72. The Kier molecular flexibility index (Phi) is 3.30. The van der Waals surface area contributed by atoms with E-state index < -0.39 is 20.5 Å². The minimum Gasteiger partial charge on any atom is -0.358 e. The number of aromatic nitrogens is 3. The van der Waals surface area contributed by atoms with E-state index in [0.29, 0.717) is 0 Å². The molecule has 0 spiro atoms. The van der Waals surface area contributed by atoms with Gasteiger partial charge in [-0.3, -0.25) is 4.98 Å². The molecule has 0 fully saturated rings. The van der Waals surface area contributed by atoms with Crippen molar-refractivity contribution in [3.05, 3.63) is 46.7 Å². The molecular weight excluding hydrogens is 272 g/mol. The molecule has 8 nitrogen and oxygen atoms in total. The van der Waals surface area contributed by atoms with E-state index in [1.807, 2.05) is 0 Å². The largest absolute Gasteiger partial charge is 0.358 e. The maximum Gasteiger partial charge on any atom is 0.342 e. The fourth-order valence-electron chi connectivity index (χ4n) is 1.53. The van der Waals surface area contributed by atoms with Gasteiger partial charge in [-0.1, -0.05) is 0 Å². The number of nitrogens with zero attached hydrogens (tertiary/aromatic N) is 4. The van der Waals surface area contributed by atoms with Crippen LogP contribution in [-0.4, -0.2) is 27.9 Å². The molecule has 2 heterocycles. The highest BCUT2D eigenvalue weighted by atomic mass is 32.2. The number of rotatable bonds is 4. The third-order valence-corrected chi connectivity index (χ3v) is 4.16. The molecule has 19 heavy (non-hydrogen) atoms. The maximum atomic E-state index is 12.1. The first-order chi connectivity index (χ1) is 8.92. The van der Waals surface area contributed by atoms with Gasteiger partial charge in [0, 0.05) is 12.4 Å². The van der Waals surface area contributed by atoms with Gasteiger partial charge in [0.2, 0.25) is 5.82 Å². The average molecular weight is 282 g/mol. The van der Waals surface area contributed by atoms with Crippen LogP contribution < -0.4 is 0 Å². The first-order valence-electron chi connectivity index (χ1n) is 5.19. The first-order valence-corrected chi connectivity index (χ1v) is 6.85. The van der Waals surface area contributed by atoms with Gasteiger partial charge in [-0.2, -0.15) is 0 Å². The van der Waals surface area contributed by atoms with Crippen LogP contribution in [0.4, 0.5) is 5.82 Å². The number of hydrogen-bond acceptors (Lipinski definition) is 6. The summed E-state index contributed by atoms with van der Waals surface area (Å²) in [4.78, 5) is 17.6. The zero-order valence-electron chi connectivity index (χ0n) is 9.92. The molecule has 0 aliphatic carbocycles. The van der Waals surface area contributed by atoms with Crippen molar-refractivity contribution in [1.82, 2.24) is 14.5 Å². The molecule has 2 aromatic heterocycles. The Hall–Kier alpha value is -2.29. The molecule has 9 heteroatoms. The Morgan fingerprint density at radius 3 is 2.68 bits per heavy atom. The Morgan fingerprint density at radius 1 is 1.42 bits per heavy atom. The fourth-order valence-corrected chi connectivity index (χ4v) is 2.81. The van der Waals surface area contributed by atoms with Gasteiger partial charge in [0.1, 0.15) is 11.9 Å². The lowest BCUT2D eigenvalue weighted by Gasteiger charge is -2.02. The standard InChI is InChI=1S/C10H10N4O4S/c1-13-9(12-6-10(13)14(15)16)7-19(17,18)8-3-2-4-11-5-8/h2-6H,7H2,1H3. The van der Waals surface area contributed by atoms with Crippen molar-refractivity contribution >= 4 is 15.7 Å². The second-order valence-corrected chi connectivity index (χ2v) is 5.79. The predicted molar refractivity (Wildman–Crippen MR) is 65.0 cm³/mol. The van der Waals surface area contributed by atoms with Gasteiger partial charge >= 0.3 is 5.82 Å². The Labute approximate surface area is 108 Å². The first kappa shape index (κ1) is 13.1. The topological polar surface area (TPSA) is 108 Å². The molecule has 0 aliphatic rings. The summed E-state index contributed by atoms with van der Waals surface area (Å²) in [6.07, 6.45) is 3.73. The summed E-state index contributed by atoms with van der Waals surface area (Å²) in [5.41, 5.74) is 0. The predicted octanol–water partition coefficient (Wildman–Crippen LogP) is 0.697. The maximum absolute atomic E-state index is 12.1. The Bertz CT molecular complexity index is 708. The lowest BCUT2D eigenvalue weighted by Crippen LogP contribution is -2.10. The molecule has 0 aromatic carbocycles. The van der Waals surface area contributed by atoms with E-state index >= 15 is 0 Å². The van der Waals surface area contributed by atoms with Crippen LogP contribution in [0.25, 0.3) is 0 Å². The monoisotopic (exact) mass is 282 g/mol. The molecular formula is C10H10N4O4S. The molecule has 100 valence electrons. The van der Waals surface area contributed by atoms with Gasteiger partial charge in [0.25, 0.3) is 0 Å². The second-order valence-electron chi connectivity index (χ2n) is 3.80. The lowest BCUT2D eigenvalue weighted by molar-refractivity contribution is -0.391. The van der Waals surface area contributed by atoms with Crippen LogP contribution in [0.15, 0.2) is 35.6 Å². The third kappa shape index (κ3) is 2.60. The summed E-state index contributed by atoms with van der Waals surface area (Å²) in [5, 5.41) is 10.7. The van der Waals surface area contributed by atoms with Crippen LogP contribution in [-0.2, 0) is 22.6 Å². The van der Waals surface area contributed by atoms with E-state index in [9.17, 15) is 18.5 Å². The molecule has 0 atom stereocenters. The summed E-state index contributed by atoms with van der Waals surface area (Å²) < 4.78 is 25.3. The van der Waals surface area contributed by atoms with Crippen LogP contribution >= 0.6 is 0 Å². The summed E-state index contributed by atoms with van der Waals surface area (Å²) in [7, 11) is -2.21. The molecule has 0 unspecified atom stereocenters. The van der Waals surface area contributed by atoms with Crippen LogP contribution in [0.1, 0.15) is 5.82 Å².